The van der Waals surface area contributed by atoms with Crippen LogP contribution >= 0.6 is 11.3 Å². The fourth-order valence-electron chi connectivity index (χ4n) is 1.93. The number of benzene rings is 1. The normalized spacial score (nSPS) is 10.5. The van der Waals surface area contributed by atoms with Gasteiger partial charge in [0.25, 0.3) is 5.91 Å². The van der Waals surface area contributed by atoms with Crippen LogP contribution in [0, 0.1) is 6.92 Å². The highest BCUT2D eigenvalue weighted by atomic mass is 32.1. The third-order valence-corrected chi connectivity index (χ3v) is 3.98. The molecule has 3 aromatic rings. The molecule has 0 bridgehead atoms. The van der Waals surface area contributed by atoms with Crippen LogP contribution in [0.2, 0.25) is 0 Å². The maximum absolute atomic E-state index is 12.1. The highest BCUT2D eigenvalue weighted by Crippen LogP contribution is 2.15. The van der Waals surface area contributed by atoms with Crippen molar-refractivity contribution in [2.24, 2.45) is 0 Å². The zero-order chi connectivity index (χ0) is 14.7. The fraction of sp³-hybridized carbons (Fsp3) is 0.125. The van der Waals surface area contributed by atoms with Crippen molar-refractivity contribution in [2.45, 2.75) is 13.5 Å². The minimum Gasteiger partial charge on any atom is -0.347 e. The summed E-state index contributed by atoms with van der Waals surface area (Å²) in [7, 11) is 0. The molecule has 5 heteroatoms. The fourth-order valence-corrected chi connectivity index (χ4v) is 2.70. The molecule has 0 saturated heterocycles. The molecule has 21 heavy (non-hydrogen) atoms. The summed E-state index contributed by atoms with van der Waals surface area (Å²) >= 11 is 1.45. The van der Waals surface area contributed by atoms with Crippen molar-refractivity contribution in [3.63, 3.8) is 0 Å². The number of nitrogens with zero attached hydrogens (tertiary/aromatic N) is 2. The summed E-state index contributed by atoms with van der Waals surface area (Å²) in [5.74, 6) is -0.148. The Balaban J connectivity index is 1.64. The van der Waals surface area contributed by atoms with E-state index in [2.05, 4.69) is 10.3 Å². The summed E-state index contributed by atoms with van der Waals surface area (Å²) in [6, 6.07) is 12.0. The van der Waals surface area contributed by atoms with E-state index >= 15 is 0 Å². The third kappa shape index (κ3) is 3.20. The lowest BCUT2D eigenvalue weighted by Gasteiger charge is -2.03. The molecule has 0 spiro atoms. The Morgan fingerprint density at radius 1 is 1.24 bits per heavy atom. The Kier molecular flexibility index (Phi) is 3.83. The van der Waals surface area contributed by atoms with Gasteiger partial charge in [-0.15, -0.1) is 11.3 Å². The number of amides is 1. The summed E-state index contributed by atoms with van der Waals surface area (Å²) in [6.45, 7) is 2.55. The molecular weight excluding hydrogens is 282 g/mol. The predicted molar refractivity (Wildman–Crippen MR) is 83.8 cm³/mol. The SMILES string of the molecule is Cc1ccc(CNC(=O)c2csc(-n3cccc3)n2)cc1. The number of aryl methyl sites for hydroxylation is 1. The van der Waals surface area contributed by atoms with Gasteiger partial charge in [0.2, 0.25) is 0 Å². The van der Waals surface area contributed by atoms with Gasteiger partial charge in [-0.05, 0) is 24.6 Å². The molecule has 0 atom stereocenters. The molecule has 0 aliphatic rings. The third-order valence-electron chi connectivity index (χ3n) is 3.12. The Hall–Kier alpha value is -2.40. The van der Waals surface area contributed by atoms with E-state index in [4.69, 9.17) is 0 Å². The first-order valence-corrected chi connectivity index (χ1v) is 7.53. The Bertz CT molecular complexity index is 729. The van der Waals surface area contributed by atoms with Crippen molar-refractivity contribution in [2.75, 3.05) is 0 Å². The molecule has 3 rings (SSSR count). The first-order valence-electron chi connectivity index (χ1n) is 6.65. The highest BCUT2D eigenvalue weighted by molar-refractivity contribution is 7.12. The summed E-state index contributed by atoms with van der Waals surface area (Å²) in [5.41, 5.74) is 2.74. The average Bonchev–Trinajstić information content (AvgIpc) is 3.17. The van der Waals surface area contributed by atoms with Crippen LogP contribution in [0.1, 0.15) is 21.6 Å². The van der Waals surface area contributed by atoms with Crippen molar-refractivity contribution < 1.29 is 4.79 Å². The van der Waals surface area contributed by atoms with Gasteiger partial charge in [0.15, 0.2) is 5.13 Å². The lowest BCUT2D eigenvalue weighted by atomic mass is 10.1. The number of aromatic nitrogens is 2. The quantitative estimate of drug-likeness (QED) is 0.804. The van der Waals surface area contributed by atoms with Gasteiger partial charge in [0, 0.05) is 24.3 Å². The van der Waals surface area contributed by atoms with E-state index in [1.54, 1.807) is 5.38 Å². The van der Waals surface area contributed by atoms with Crippen molar-refractivity contribution in [1.82, 2.24) is 14.9 Å². The van der Waals surface area contributed by atoms with Crippen LogP contribution in [-0.2, 0) is 6.54 Å². The van der Waals surface area contributed by atoms with E-state index in [9.17, 15) is 4.79 Å². The van der Waals surface area contributed by atoms with Crippen LogP contribution in [-0.4, -0.2) is 15.5 Å². The van der Waals surface area contributed by atoms with Gasteiger partial charge in [-0.25, -0.2) is 4.98 Å². The number of carbonyl (C=O) groups is 1. The van der Waals surface area contributed by atoms with Gasteiger partial charge < -0.3 is 9.88 Å². The first-order chi connectivity index (χ1) is 10.2. The van der Waals surface area contributed by atoms with E-state index in [1.165, 1.54) is 16.9 Å². The van der Waals surface area contributed by atoms with Crippen LogP contribution in [0.4, 0.5) is 0 Å². The van der Waals surface area contributed by atoms with Gasteiger partial charge in [-0.1, -0.05) is 29.8 Å². The van der Waals surface area contributed by atoms with Crippen LogP contribution in [0.15, 0.2) is 54.2 Å². The van der Waals surface area contributed by atoms with E-state index in [0.29, 0.717) is 12.2 Å². The summed E-state index contributed by atoms with van der Waals surface area (Å²) in [6.07, 6.45) is 3.82. The van der Waals surface area contributed by atoms with E-state index in [0.717, 1.165) is 10.7 Å². The van der Waals surface area contributed by atoms with E-state index < -0.39 is 0 Å². The number of carbonyl (C=O) groups excluding carboxylic acids is 1. The number of hydrogen-bond acceptors (Lipinski definition) is 3. The van der Waals surface area contributed by atoms with Gasteiger partial charge in [0.1, 0.15) is 5.69 Å². The highest BCUT2D eigenvalue weighted by Gasteiger charge is 2.11. The van der Waals surface area contributed by atoms with E-state index in [-0.39, 0.29) is 5.91 Å². The number of thiazole rings is 1. The smallest absolute Gasteiger partial charge is 0.271 e. The maximum atomic E-state index is 12.1. The molecule has 0 saturated carbocycles. The second-order valence-corrected chi connectivity index (χ2v) is 5.61. The second kappa shape index (κ2) is 5.93. The lowest BCUT2D eigenvalue weighted by Crippen LogP contribution is -2.23. The molecule has 0 radical (unpaired) electrons. The molecule has 0 unspecified atom stereocenters. The average molecular weight is 297 g/mol. The molecule has 2 aromatic heterocycles. The number of hydrogen-bond donors (Lipinski definition) is 1. The van der Waals surface area contributed by atoms with Crippen molar-refractivity contribution in [3.8, 4) is 5.13 Å². The summed E-state index contributed by atoms with van der Waals surface area (Å²) < 4.78 is 1.89. The van der Waals surface area contributed by atoms with Crippen molar-refractivity contribution >= 4 is 17.2 Å². The molecule has 2 heterocycles. The molecule has 4 nitrogen and oxygen atoms in total. The second-order valence-electron chi connectivity index (χ2n) is 4.77. The first kappa shape index (κ1) is 13.6. The van der Waals surface area contributed by atoms with Gasteiger partial charge in [-0.3, -0.25) is 4.79 Å². The Morgan fingerprint density at radius 2 is 1.95 bits per heavy atom. The predicted octanol–water partition coefficient (Wildman–Crippen LogP) is 3.17. The lowest BCUT2D eigenvalue weighted by molar-refractivity contribution is 0.0946. The van der Waals surface area contributed by atoms with Crippen molar-refractivity contribution in [1.29, 1.82) is 0 Å². The molecule has 1 amide bonds. The molecular formula is C16H15N3OS. The standard InChI is InChI=1S/C16H15N3OS/c1-12-4-6-13(7-5-12)10-17-15(20)14-11-21-16(18-14)19-8-2-3-9-19/h2-9,11H,10H2,1H3,(H,17,20). The topological polar surface area (TPSA) is 46.9 Å². The number of nitrogens with one attached hydrogen (secondary N) is 1. The van der Waals surface area contributed by atoms with Crippen LogP contribution in [0.5, 0.6) is 0 Å². The Morgan fingerprint density at radius 3 is 2.67 bits per heavy atom. The van der Waals surface area contributed by atoms with Crippen LogP contribution in [0.3, 0.4) is 0 Å². The minimum atomic E-state index is -0.148. The molecule has 1 N–H and O–H groups in total. The zero-order valence-corrected chi connectivity index (χ0v) is 12.4. The largest absolute Gasteiger partial charge is 0.347 e. The van der Waals surface area contributed by atoms with E-state index in [1.807, 2.05) is 60.3 Å². The molecule has 0 aliphatic heterocycles. The maximum Gasteiger partial charge on any atom is 0.271 e. The van der Waals surface area contributed by atoms with Crippen LogP contribution < -0.4 is 5.32 Å². The van der Waals surface area contributed by atoms with Crippen molar-refractivity contribution in [3.05, 3.63) is 71.0 Å². The van der Waals surface area contributed by atoms with Gasteiger partial charge in [0.05, 0.1) is 0 Å². The molecule has 106 valence electrons. The Labute approximate surface area is 127 Å². The molecule has 1 aromatic carbocycles. The summed E-state index contributed by atoms with van der Waals surface area (Å²) in [4.78, 5) is 16.4. The van der Waals surface area contributed by atoms with Gasteiger partial charge >= 0.3 is 0 Å². The summed E-state index contributed by atoms with van der Waals surface area (Å²) in [5, 5.41) is 5.46. The molecule has 0 aliphatic carbocycles. The zero-order valence-electron chi connectivity index (χ0n) is 11.6. The number of rotatable bonds is 4. The monoisotopic (exact) mass is 297 g/mol. The van der Waals surface area contributed by atoms with Gasteiger partial charge in [-0.2, -0.15) is 0 Å². The van der Waals surface area contributed by atoms with Crippen LogP contribution in [0.25, 0.3) is 5.13 Å². The molecule has 0 fully saturated rings. The minimum absolute atomic E-state index is 0.148.